The molecular formula is C15H18ClN3O. The zero-order valence-corrected chi connectivity index (χ0v) is 12.4. The van der Waals surface area contributed by atoms with Gasteiger partial charge in [0.15, 0.2) is 0 Å². The zero-order valence-electron chi connectivity index (χ0n) is 11.6. The molecule has 4 nitrogen and oxygen atoms in total. The molecule has 0 aliphatic heterocycles. The molecule has 0 aliphatic carbocycles. The number of nitrogens with zero attached hydrogens (tertiary/aromatic N) is 2. The second-order valence-electron chi connectivity index (χ2n) is 4.92. The number of nitrogens with one attached hydrogen (secondary N) is 1. The van der Waals surface area contributed by atoms with Crippen LogP contribution in [-0.4, -0.2) is 15.1 Å². The number of hydrogen-bond acceptors (Lipinski definition) is 4. The predicted octanol–water partition coefficient (Wildman–Crippen LogP) is 3.36. The molecule has 5 heteroatoms. The van der Waals surface area contributed by atoms with Crippen molar-refractivity contribution in [2.75, 3.05) is 5.32 Å². The Morgan fingerprint density at radius 1 is 1.20 bits per heavy atom. The monoisotopic (exact) mass is 291 g/mol. The topological polar surface area (TPSA) is 58.0 Å². The van der Waals surface area contributed by atoms with Crippen molar-refractivity contribution in [1.82, 2.24) is 9.97 Å². The van der Waals surface area contributed by atoms with E-state index in [0.29, 0.717) is 17.5 Å². The van der Waals surface area contributed by atoms with E-state index in [1.165, 1.54) is 0 Å². The number of aliphatic hydroxyl groups is 1. The molecule has 0 amide bonds. The van der Waals surface area contributed by atoms with Gasteiger partial charge in [-0.15, -0.1) is 0 Å². The maximum atomic E-state index is 9.12. The van der Waals surface area contributed by atoms with Gasteiger partial charge in [0, 0.05) is 18.5 Å². The van der Waals surface area contributed by atoms with E-state index >= 15 is 0 Å². The zero-order chi connectivity index (χ0) is 14.5. The van der Waals surface area contributed by atoms with Crippen molar-refractivity contribution < 1.29 is 5.11 Å². The molecule has 20 heavy (non-hydrogen) atoms. The van der Waals surface area contributed by atoms with Crippen LogP contribution < -0.4 is 5.32 Å². The molecule has 0 aliphatic rings. The Kier molecular flexibility index (Phi) is 4.93. The van der Waals surface area contributed by atoms with Crippen molar-refractivity contribution in [2.24, 2.45) is 0 Å². The number of aliphatic hydroxyl groups excluding tert-OH is 1. The van der Waals surface area contributed by atoms with E-state index in [0.717, 1.165) is 17.0 Å². The fourth-order valence-electron chi connectivity index (χ4n) is 1.81. The van der Waals surface area contributed by atoms with Crippen LogP contribution in [-0.2, 0) is 13.2 Å². The van der Waals surface area contributed by atoms with Crippen molar-refractivity contribution in [3.63, 3.8) is 0 Å². The Hall–Kier alpha value is -1.65. The van der Waals surface area contributed by atoms with Gasteiger partial charge in [0.25, 0.3) is 0 Å². The Labute approximate surface area is 123 Å². The number of benzene rings is 1. The first-order chi connectivity index (χ1) is 9.58. The van der Waals surface area contributed by atoms with Gasteiger partial charge in [0.1, 0.15) is 16.8 Å². The van der Waals surface area contributed by atoms with Crippen LogP contribution in [0.1, 0.15) is 36.7 Å². The summed E-state index contributed by atoms with van der Waals surface area (Å²) in [6, 6.07) is 9.48. The van der Waals surface area contributed by atoms with Gasteiger partial charge in [-0.05, 0) is 11.1 Å². The average molecular weight is 292 g/mol. The van der Waals surface area contributed by atoms with Crippen LogP contribution in [0, 0.1) is 0 Å². The van der Waals surface area contributed by atoms with Gasteiger partial charge in [0.2, 0.25) is 0 Å². The maximum absolute atomic E-state index is 9.12. The largest absolute Gasteiger partial charge is 0.392 e. The normalized spacial score (nSPS) is 10.8. The summed E-state index contributed by atoms with van der Waals surface area (Å²) >= 11 is 6.00. The number of rotatable bonds is 5. The van der Waals surface area contributed by atoms with Gasteiger partial charge in [-0.1, -0.05) is 49.7 Å². The molecular weight excluding hydrogens is 274 g/mol. The number of anilines is 1. The molecule has 0 spiro atoms. The SMILES string of the molecule is CC(C)c1nc(Cl)cc(NCc2cccc(CO)c2)n1. The lowest BCUT2D eigenvalue weighted by Crippen LogP contribution is -2.06. The van der Waals surface area contributed by atoms with Crippen LogP contribution in [0.5, 0.6) is 0 Å². The lowest BCUT2D eigenvalue weighted by molar-refractivity contribution is 0.281. The number of halogens is 1. The first-order valence-electron chi connectivity index (χ1n) is 6.55. The lowest BCUT2D eigenvalue weighted by atomic mass is 10.1. The number of aromatic nitrogens is 2. The summed E-state index contributed by atoms with van der Waals surface area (Å²) in [5.74, 6) is 1.67. The van der Waals surface area contributed by atoms with E-state index in [2.05, 4.69) is 15.3 Å². The first-order valence-corrected chi connectivity index (χ1v) is 6.93. The minimum Gasteiger partial charge on any atom is -0.392 e. The van der Waals surface area contributed by atoms with Gasteiger partial charge < -0.3 is 10.4 Å². The summed E-state index contributed by atoms with van der Waals surface area (Å²) in [5, 5.41) is 12.8. The highest BCUT2D eigenvalue weighted by molar-refractivity contribution is 6.29. The molecule has 0 fully saturated rings. The van der Waals surface area contributed by atoms with Crippen LogP contribution >= 0.6 is 11.6 Å². The second-order valence-corrected chi connectivity index (χ2v) is 5.31. The van der Waals surface area contributed by atoms with Crippen LogP contribution in [0.4, 0.5) is 5.82 Å². The summed E-state index contributed by atoms with van der Waals surface area (Å²) in [5.41, 5.74) is 1.98. The molecule has 0 unspecified atom stereocenters. The fraction of sp³-hybridized carbons (Fsp3) is 0.333. The summed E-state index contributed by atoms with van der Waals surface area (Å²) in [6.45, 7) is 4.73. The third kappa shape index (κ3) is 3.92. The van der Waals surface area contributed by atoms with Gasteiger partial charge in [-0.2, -0.15) is 0 Å². The quantitative estimate of drug-likeness (QED) is 0.830. The van der Waals surface area contributed by atoms with Crippen molar-refractivity contribution in [2.45, 2.75) is 32.9 Å². The van der Waals surface area contributed by atoms with Crippen LogP contribution in [0.25, 0.3) is 0 Å². The van der Waals surface area contributed by atoms with Crippen LogP contribution in [0.15, 0.2) is 30.3 Å². The highest BCUT2D eigenvalue weighted by Gasteiger charge is 2.07. The summed E-state index contributed by atoms with van der Waals surface area (Å²) in [6.07, 6.45) is 0. The van der Waals surface area contributed by atoms with E-state index in [-0.39, 0.29) is 12.5 Å². The van der Waals surface area contributed by atoms with E-state index in [4.69, 9.17) is 16.7 Å². The minimum atomic E-state index is 0.0463. The standard InChI is InChI=1S/C15H18ClN3O/c1-10(2)15-18-13(16)7-14(19-15)17-8-11-4-3-5-12(6-11)9-20/h3-7,10,20H,8-9H2,1-2H3,(H,17,18,19). The van der Waals surface area contributed by atoms with Crippen LogP contribution in [0.3, 0.4) is 0 Å². The Morgan fingerprint density at radius 3 is 2.65 bits per heavy atom. The molecule has 1 heterocycles. The van der Waals surface area contributed by atoms with Crippen molar-refractivity contribution in [3.05, 3.63) is 52.4 Å². The number of hydrogen-bond donors (Lipinski definition) is 2. The van der Waals surface area contributed by atoms with Crippen molar-refractivity contribution in [3.8, 4) is 0 Å². The van der Waals surface area contributed by atoms with Gasteiger partial charge in [0.05, 0.1) is 6.61 Å². The Morgan fingerprint density at radius 2 is 1.95 bits per heavy atom. The third-order valence-corrected chi connectivity index (χ3v) is 3.07. The van der Waals surface area contributed by atoms with Gasteiger partial charge >= 0.3 is 0 Å². The molecule has 0 bridgehead atoms. The Bertz CT molecular complexity index is 587. The molecule has 2 aromatic rings. The Balaban J connectivity index is 2.10. The second kappa shape index (κ2) is 6.68. The highest BCUT2D eigenvalue weighted by atomic mass is 35.5. The summed E-state index contributed by atoms with van der Waals surface area (Å²) in [4.78, 5) is 8.63. The van der Waals surface area contributed by atoms with Crippen molar-refractivity contribution >= 4 is 17.4 Å². The van der Waals surface area contributed by atoms with E-state index in [9.17, 15) is 0 Å². The van der Waals surface area contributed by atoms with Gasteiger partial charge in [-0.25, -0.2) is 9.97 Å². The van der Waals surface area contributed by atoms with E-state index < -0.39 is 0 Å². The molecule has 0 atom stereocenters. The first kappa shape index (κ1) is 14.8. The average Bonchev–Trinajstić information content (AvgIpc) is 2.44. The molecule has 1 aromatic carbocycles. The minimum absolute atomic E-state index is 0.0463. The highest BCUT2D eigenvalue weighted by Crippen LogP contribution is 2.17. The van der Waals surface area contributed by atoms with E-state index in [1.54, 1.807) is 6.07 Å². The third-order valence-electron chi connectivity index (χ3n) is 2.88. The molecule has 2 rings (SSSR count). The smallest absolute Gasteiger partial charge is 0.135 e. The molecule has 0 saturated carbocycles. The summed E-state index contributed by atoms with van der Waals surface area (Å²) < 4.78 is 0. The molecule has 1 aromatic heterocycles. The predicted molar refractivity (Wildman–Crippen MR) is 80.8 cm³/mol. The fourth-order valence-corrected chi connectivity index (χ4v) is 2.00. The van der Waals surface area contributed by atoms with Gasteiger partial charge in [-0.3, -0.25) is 0 Å². The van der Waals surface area contributed by atoms with E-state index in [1.807, 2.05) is 38.1 Å². The molecule has 2 N–H and O–H groups in total. The maximum Gasteiger partial charge on any atom is 0.135 e. The lowest BCUT2D eigenvalue weighted by Gasteiger charge is -2.10. The van der Waals surface area contributed by atoms with Crippen LogP contribution in [0.2, 0.25) is 5.15 Å². The molecule has 0 radical (unpaired) electrons. The summed E-state index contributed by atoms with van der Waals surface area (Å²) in [7, 11) is 0. The van der Waals surface area contributed by atoms with Crippen molar-refractivity contribution in [1.29, 1.82) is 0 Å². The molecule has 0 saturated heterocycles. The molecule has 106 valence electrons.